The van der Waals surface area contributed by atoms with Crippen LogP contribution in [0.1, 0.15) is 13.3 Å². The third-order valence-corrected chi connectivity index (χ3v) is 1.23. The summed E-state index contributed by atoms with van der Waals surface area (Å²) in [6.45, 7) is 1.53. The molecular weight excluding hydrogens is 134 g/mol. The summed E-state index contributed by atoms with van der Waals surface area (Å²) < 4.78 is 0. The molecule has 0 unspecified atom stereocenters. The van der Waals surface area contributed by atoms with Crippen molar-refractivity contribution in [1.82, 2.24) is 0 Å². The van der Waals surface area contributed by atoms with Crippen LogP contribution in [0, 0.1) is 5.92 Å². The van der Waals surface area contributed by atoms with Crippen LogP contribution in [0.5, 0.6) is 0 Å². The molecule has 3 N–H and O–H groups in total. The number of aliphatic hydroxyl groups is 1. The van der Waals surface area contributed by atoms with Gasteiger partial charge in [-0.25, -0.2) is 0 Å². The van der Waals surface area contributed by atoms with Crippen molar-refractivity contribution in [2.24, 2.45) is 11.7 Å². The van der Waals surface area contributed by atoms with Gasteiger partial charge in [-0.05, 0) is 0 Å². The number of primary amides is 1. The van der Waals surface area contributed by atoms with Gasteiger partial charge in [0.15, 0.2) is 0 Å². The number of aldehydes is 1. The molecule has 0 aromatic rings. The standard InChI is InChI=1S/C6H11NO3/c1-4(3-8)5(9)2-6(7)10/h3-5,9H,2H2,1H3,(H2,7,10)/t4-,5+/m1/s1. The molecule has 0 aromatic carbocycles. The van der Waals surface area contributed by atoms with E-state index in [1.54, 1.807) is 0 Å². The zero-order valence-corrected chi connectivity index (χ0v) is 5.78. The van der Waals surface area contributed by atoms with E-state index in [1.807, 2.05) is 0 Å². The Morgan fingerprint density at radius 3 is 2.60 bits per heavy atom. The highest BCUT2D eigenvalue weighted by atomic mass is 16.3. The Kier molecular flexibility index (Phi) is 3.64. The number of hydrogen-bond acceptors (Lipinski definition) is 3. The molecule has 4 nitrogen and oxygen atoms in total. The second-order valence-electron chi connectivity index (χ2n) is 2.23. The smallest absolute Gasteiger partial charge is 0.220 e. The summed E-state index contributed by atoms with van der Waals surface area (Å²) in [5.74, 6) is -1.12. The van der Waals surface area contributed by atoms with E-state index in [2.05, 4.69) is 0 Å². The van der Waals surface area contributed by atoms with Gasteiger partial charge in [0.05, 0.1) is 12.5 Å². The minimum absolute atomic E-state index is 0.153. The molecule has 0 saturated heterocycles. The van der Waals surface area contributed by atoms with Gasteiger partial charge in [-0.1, -0.05) is 6.92 Å². The second-order valence-corrected chi connectivity index (χ2v) is 2.23. The average Bonchev–Trinajstić information content (AvgIpc) is 1.85. The molecule has 0 aliphatic heterocycles. The van der Waals surface area contributed by atoms with Gasteiger partial charge in [-0.15, -0.1) is 0 Å². The maximum atomic E-state index is 10.2. The number of carbonyl (C=O) groups is 2. The van der Waals surface area contributed by atoms with E-state index in [0.29, 0.717) is 6.29 Å². The highest BCUT2D eigenvalue weighted by Crippen LogP contribution is 2.02. The van der Waals surface area contributed by atoms with Crippen molar-refractivity contribution < 1.29 is 14.7 Å². The maximum Gasteiger partial charge on any atom is 0.220 e. The number of aliphatic hydroxyl groups excluding tert-OH is 1. The maximum absolute atomic E-state index is 10.2. The molecule has 0 spiro atoms. The van der Waals surface area contributed by atoms with Gasteiger partial charge in [-0.2, -0.15) is 0 Å². The normalized spacial score (nSPS) is 15.8. The molecule has 0 aromatic heterocycles. The summed E-state index contributed by atoms with van der Waals surface area (Å²) >= 11 is 0. The summed E-state index contributed by atoms with van der Waals surface area (Å²) in [6, 6.07) is 0. The minimum Gasteiger partial charge on any atom is -0.392 e. The van der Waals surface area contributed by atoms with Gasteiger partial charge in [0.25, 0.3) is 0 Å². The summed E-state index contributed by atoms with van der Waals surface area (Å²) in [7, 11) is 0. The van der Waals surface area contributed by atoms with Crippen molar-refractivity contribution in [1.29, 1.82) is 0 Å². The Balaban J connectivity index is 3.71. The SMILES string of the molecule is C[C@H](C=O)[C@@H](O)CC(N)=O. The Morgan fingerprint density at radius 1 is 1.80 bits per heavy atom. The topological polar surface area (TPSA) is 80.4 Å². The van der Waals surface area contributed by atoms with E-state index in [0.717, 1.165) is 0 Å². The fourth-order valence-corrected chi connectivity index (χ4v) is 0.483. The minimum atomic E-state index is -0.935. The molecule has 0 bridgehead atoms. The molecule has 4 heteroatoms. The van der Waals surface area contributed by atoms with Crippen LogP contribution >= 0.6 is 0 Å². The molecule has 0 heterocycles. The lowest BCUT2D eigenvalue weighted by atomic mass is 10.0. The first-order chi connectivity index (χ1) is 4.57. The van der Waals surface area contributed by atoms with Crippen LogP contribution in [0.3, 0.4) is 0 Å². The van der Waals surface area contributed by atoms with Crippen LogP contribution in [0.4, 0.5) is 0 Å². The van der Waals surface area contributed by atoms with E-state index in [-0.39, 0.29) is 6.42 Å². The number of amides is 1. The van der Waals surface area contributed by atoms with E-state index < -0.39 is 17.9 Å². The zero-order valence-electron chi connectivity index (χ0n) is 5.78. The Bertz CT molecular complexity index is 135. The van der Waals surface area contributed by atoms with Crippen LogP contribution in [-0.2, 0) is 9.59 Å². The first-order valence-electron chi connectivity index (χ1n) is 2.99. The number of hydrogen-bond donors (Lipinski definition) is 2. The molecule has 0 aliphatic rings. The lowest BCUT2D eigenvalue weighted by molar-refractivity contribution is -0.121. The van der Waals surface area contributed by atoms with Crippen molar-refractivity contribution in [3.63, 3.8) is 0 Å². The van der Waals surface area contributed by atoms with E-state index in [1.165, 1.54) is 6.92 Å². The molecule has 0 rings (SSSR count). The van der Waals surface area contributed by atoms with Gasteiger partial charge in [0, 0.05) is 5.92 Å². The lowest BCUT2D eigenvalue weighted by Gasteiger charge is -2.09. The summed E-state index contributed by atoms with van der Waals surface area (Å²) in [4.78, 5) is 20.2. The molecule has 1 amide bonds. The molecule has 0 fully saturated rings. The first kappa shape index (κ1) is 9.10. The van der Waals surface area contributed by atoms with Crippen molar-refractivity contribution in [3.05, 3.63) is 0 Å². The van der Waals surface area contributed by atoms with Crippen molar-refractivity contribution >= 4 is 12.2 Å². The van der Waals surface area contributed by atoms with Crippen LogP contribution in [0.25, 0.3) is 0 Å². The molecule has 2 atom stereocenters. The molecule has 58 valence electrons. The third kappa shape index (κ3) is 3.19. The fraction of sp³-hybridized carbons (Fsp3) is 0.667. The molecular formula is C6H11NO3. The molecule has 0 saturated carbocycles. The number of rotatable bonds is 4. The zero-order chi connectivity index (χ0) is 8.15. The van der Waals surface area contributed by atoms with Crippen LogP contribution in [-0.4, -0.2) is 23.4 Å². The predicted molar refractivity (Wildman–Crippen MR) is 35.0 cm³/mol. The quantitative estimate of drug-likeness (QED) is 0.501. The summed E-state index contributed by atoms with van der Waals surface area (Å²) in [6.07, 6.45) is -0.497. The average molecular weight is 145 g/mol. The third-order valence-electron chi connectivity index (χ3n) is 1.23. The molecule has 0 radical (unpaired) electrons. The van der Waals surface area contributed by atoms with Gasteiger partial charge in [-0.3, -0.25) is 4.79 Å². The first-order valence-corrected chi connectivity index (χ1v) is 2.99. The van der Waals surface area contributed by atoms with Crippen LogP contribution in [0.15, 0.2) is 0 Å². The molecule has 0 aliphatic carbocycles. The van der Waals surface area contributed by atoms with Crippen molar-refractivity contribution in [2.75, 3.05) is 0 Å². The Labute approximate surface area is 59.0 Å². The highest BCUT2D eigenvalue weighted by molar-refractivity contribution is 5.74. The van der Waals surface area contributed by atoms with Gasteiger partial charge in [0.2, 0.25) is 5.91 Å². The number of carbonyl (C=O) groups excluding carboxylic acids is 2. The summed E-state index contributed by atoms with van der Waals surface area (Å²) in [5, 5.41) is 8.96. The van der Waals surface area contributed by atoms with Crippen molar-refractivity contribution in [2.45, 2.75) is 19.4 Å². The van der Waals surface area contributed by atoms with Crippen LogP contribution in [0.2, 0.25) is 0 Å². The highest BCUT2D eigenvalue weighted by Gasteiger charge is 2.14. The summed E-state index contributed by atoms with van der Waals surface area (Å²) in [5.41, 5.74) is 4.77. The van der Waals surface area contributed by atoms with E-state index in [4.69, 9.17) is 10.8 Å². The largest absolute Gasteiger partial charge is 0.392 e. The van der Waals surface area contributed by atoms with E-state index >= 15 is 0 Å². The van der Waals surface area contributed by atoms with E-state index in [9.17, 15) is 9.59 Å². The Hall–Kier alpha value is -0.900. The monoisotopic (exact) mass is 145 g/mol. The fourth-order valence-electron chi connectivity index (χ4n) is 0.483. The van der Waals surface area contributed by atoms with Gasteiger partial charge in [0.1, 0.15) is 6.29 Å². The van der Waals surface area contributed by atoms with Gasteiger partial charge >= 0.3 is 0 Å². The van der Waals surface area contributed by atoms with Crippen molar-refractivity contribution in [3.8, 4) is 0 Å². The second kappa shape index (κ2) is 4.00. The lowest BCUT2D eigenvalue weighted by Crippen LogP contribution is -2.26. The van der Waals surface area contributed by atoms with Crippen LogP contribution < -0.4 is 5.73 Å². The number of nitrogens with two attached hydrogens (primary N) is 1. The van der Waals surface area contributed by atoms with Gasteiger partial charge < -0.3 is 15.6 Å². The Morgan fingerprint density at radius 2 is 2.30 bits per heavy atom. The predicted octanol–water partition coefficient (Wildman–Crippen LogP) is -0.942. The molecule has 10 heavy (non-hydrogen) atoms.